The first-order valence-corrected chi connectivity index (χ1v) is 5.21. The van der Waals surface area contributed by atoms with Crippen LogP contribution in [0.3, 0.4) is 0 Å². The Kier molecular flexibility index (Phi) is 2.45. The van der Waals surface area contributed by atoms with Gasteiger partial charge < -0.3 is 5.11 Å². The molecule has 86 valence electrons. The third kappa shape index (κ3) is 1.40. The number of carboxylic acid groups (broad SMARTS) is 1. The molecule has 4 heteroatoms. The summed E-state index contributed by atoms with van der Waals surface area (Å²) in [5, 5.41) is 9.19. The Bertz CT molecular complexity index is 445. The largest absolute Gasteiger partial charge is 0.481 e. The molecule has 1 saturated carbocycles. The van der Waals surface area contributed by atoms with Crippen molar-refractivity contribution in [2.75, 3.05) is 0 Å². The zero-order valence-electron chi connectivity index (χ0n) is 8.84. The molecule has 1 aliphatic rings. The molecule has 0 aliphatic heterocycles. The second-order valence-corrected chi connectivity index (χ2v) is 4.21. The van der Waals surface area contributed by atoms with Gasteiger partial charge in [-0.2, -0.15) is 0 Å². The zero-order valence-corrected chi connectivity index (χ0v) is 8.84. The smallest absolute Gasteiger partial charge is 0.314 e. The molecule has 0 radical (unpaired) electrons. The van der Waals surface area contributed by atoms with Crippen molar-refractivity contribution in [2.24, 2.45) is 5.92 Å². The van der Waals surface area contributed by atoms with E-state index in [4.69, 9.17) is 0 Å². The lowest BCUT2D eigenvalue weighted by Crippen LogP contribution is -2.23. The van der Waals surface area contributed by atoms with Gasteiger partial charge in [-0.1, -0.05) is 19.4 Å². The SMILES string of the molecule is CCC1CC1(C(=O)O)c1ccc(F)cc1F. The fourth-order valence-electron chi connectivity index (χ4n) is 2.38. The molecule has 1 aromatic carbocycles. The van der Waals surface area contributed by atoms with E-state index in [1.807, 2.05) is 6.92 Å². The first-order chi connectivity index (χ1) is 7.52. The molecule has 0 aromatic heterocycles. The average molecular weight is 226 g/mol. The van der Waals surface area contributed by atoms with Crippen molar-refractivity contribution in [3.63, 3.8) is 0 Å². The van der Waals surface area contributed by atoms with E-state index in [0.717, 1.165) is 12.1 Å². The monoisotopic (exact) mass is 226 g/mol. The van der Waals surface area contributed by atoms with Crippen LogP contribution in [0.1, 0.15) is 25.3 Å². The van der Waals surface area contributed by atoms with Crippen LogP contribution in [0.25, 0.3) is 0 Å². The maximum Gasteiger partial charge on any atom is 0.314 e. The van der Waals surface area contributed by atoms with Crippen LogP contribution >= 0.6 is 0 Å². The molecule has 0 amide bonds. The number of hydrogen-bond acceptors (Lipinski definition) is 1. The fourth-order valence-corrected chi connectivity index (χ4v) is 2.38. The summed E-state index contributed by atoms with van der Waals surface area (Å²) in [7, 11) is 0. The first kappa shape index (κ1) is 11.0. The number of carbonyl (C=O) groups is 1. The predicted molar refractivity (Wildman–Crippen MR) is 54.1 cm³/mol. The van der Waals surface area contributed by atoms with E-state index in [9.17, 15) is 18.7 Å². The molecule has 2 atom stereocenters. The predicted octanol–water partition coefficient (Wildman–Crippen LogP) is 2.72. The molecule has 2 unspecified atom stereocenters. The number of benzene rings is 1. The van der Waals surface area contributed by atoms with Crippen molar-refractivity contribution in [1.29, 1.82) is 0 Å². The van der Waals surface area contributed by atoms with E-state index in [-0.39, 0.29) is 11.5 Å². The maximum absolute atomic E-state index is 13.6. The summed E-state index contributed by atoms with van der Waals surface area (Å²) in [6.07, 6.45) is 1.12. The van der Waals surface area contributed by atoms with Gasteiger partial charge in [0, 0.05) is 11.6 Å². The highest BCUT2D eigenvalue weighted by Gasteiger charge is 2.61. The van der Waals surface area contributed by atoms with Gasteiger partial charge in [-0.15, -0.1) is 0 Å². The summed E-state index contributed by atoms with van der Waals surface area (Å²) in [5.74, 6) is -2.52. The van der Waals surface area contributed by atoms with E-state index in [2.05, 4.69) is 0 Å². The summed E-state index contributed by atoms with van der Waals surface area (Å²) in [6, 6.07) is 3.09. The molecule has 16 heavy (non-hydrogen) atoms. The molecule has 2 rings (SSSR count). The van der Waals surface area contributed by atoms with Crippen molar-refractivity contribution in [3.8, 4) is 0 Å². The van der Waals surface area contributed by atoms with Gasteiger partial charge in [0.1, 0.15) is 11.6 Å². The van der Waals surface area contributed by atoms with Crippen LogP contribution in [0.15, 0.2) is 18.2 Å². The van der Waals surface area contributed by atoms with Crippen LogP contribution in [-0.2, 0) is 10.2 Å². The van der Waals surface area contributed by atoms with E-state index in [0.29, 0.717) is 12.8 Å². The summed E-state index contributed by atoms with van der Waals surface area (Å²) in [4.78, 5) is 11.2. The number of carboxylic acids is 1. The molecule has 0 bridgehead atoms. The highest BCUT2D eigenvalue weighted by atomic mass is 19.1. The Morgan fingerprint density at radius 3 is 2.69 bits per heavy atom. The molecule has 2 nitrogen and oxygen atoms in total. The van der Waals surface area contributed by atoms with Gasteiger partial charge in [-0.25, -0.2) is 8.78 Å². The molecule has 1 fully saturated rings. The minimum Gasteiger partial charge on any atom is -0.481 e. The Hall–Kier alpha value is -1.45. The number of halogens is 2. The molecule has 0 saturated heterocycles. The van der Waals surface area contributed by atoms with Crippen LogP contribution in [-0.4, -0.2) is 11.1 Å². The van der Waals surface area contributed by atoms with Crippen LogP contribution < -0.4 is 0 Å². The molecular weight excluding hydrogens is 214 g/mol. The summed E-state index contributed by atoms with van der Waals surface area (Å²) < 4.78 is 26.3. The minimum atomic E-state index is -1.13. The Morgan fingerprint density at radius 2 is 2.25 bits per heavy atom. The second-order valence-electron chi connectivity index (χ2n) is 4.21. The van der Waals surface area contributed by atoms with E-state index in [1.54, 1.807) is 0 Å². The van der Waals surface area contributed by atoms with E-state index >= 15 is 0 Å². The van der Waals surface area contributed by atoms with Crippen molar-refractivity contribution in [1.82, 2.24) is 0 Å². The van der Waals surface area contributed by atoms with Gasteiger partial charge in [0.25, 0.3) is 0 Å². The normalized spacial score (nSPS) is 27.8. The lowest BCUT2D eigenvalue weighted by Gasteiger charge is -2.13. The van der Waals surface area contributed by atoms with Gasteiger partial charge in [0.2, 0.25) is 0 Å². The number of hydrogen-bond donors (Lipinski definition) is 1. The lowest BCUT2D eigenvalue weighted by molar-refractivity contribution is -0.140. The van der Waals surface area contributed by atoms with Crippen LogP contribution in [0.5, 0.6) is 0 Å². The summed E-state index contributed by atoms with van der Waals surface area (Å²) >= 11 is 0. The zero-order chi connectivity index (χ0) is 11.9. The minimum absolute atomic E-state index is 0.0510. The van der Waals surface area contributed by atoms with Crippen LogP contribution in [0, 0.1) is 17.6 Å². The molecule has 0 spiro atoms. The molecule has 1 aromatic rings. The Labute approximate surface area is 91.9 Å². The third-order valence-corrected chi connectivity index (χ3v) is 3.39. The maximum atomic E-state index is 13.6. The summed E-state index contributed by atoms with van der Waals surface area (Å²) in [6.45, 7) is 1.87. The van der Waals surface area contributed by atoms with Crippen molar-refractivity contribution >= 4 is 5.97 Å². The van der Waals surface area contributed by atoms with Crippen molar-refractivity contribution < 1.29 is 18.7 Å². The molecule has 1 aliphatic carbocycles. The highest BCUT2D eigenvalue weighted by molar-refractivity contribution is 5.85. The second kappa shape index (κ2) is 3.54. The van der Waals surface area contributed by atoms with E-state index < -0.39 is 23.0 Å². The standard InChI is InChI=1S/C12H12F2O2/c1-2-7-6-12(7,11(15)16)9-4-3-8(13)5-10(9)14/h3-5,7H,2,6H2,1H3,(H,15,16). The quantitative estimate of drug-likeness (QED) is 0.860. The van der Waals surface area contributed by atoms with Crippen LogP contribution in [0.2, 0.25) is 0 Å². The fraction of sp³-hybridized carbons (Fsp3) is 0.417. The molecular formula is C12H12F2O2. The number of rotatable bonds is 3. The molecule has 1 N–H and O–H groups in total. The topological polar surface area (TPSA) is 37.3 Å². The van der Waals surface area contributed by atoms with Gasteiger partial charge in [0.05, 0.1) is 5.41 Å². The van der Waals surface area contributed by atoms with E-state index in [1.165, 1.54) is 6.07 Å². The van der Waals surface area contributed by atoms with Gasteiger partial charge >= 0.3 is 5.97 Å². The van der Waals surface area contributed by atoms with Crippen molar-refractivity contribution in [2.45, 2.75) is 25.2 Å². The van der Waals surface area contributed by atoms with Crippen molar-refractivity contribution in [3.05, 3.63) is 35.4 Å². The van der Waals surface area contributed by atoms with Gasteiger partial charge in [-0.05, 0) is 18.4 Å². The highest BCUT2D eigenvalue weighted by Crippen LogP contribution is 2.56. The first-order valence-electron chi connectivity index (χ1n) is 5.21. The summed E-state index contributed by atoms with van der Waals surface area (Å²) in [5.41, 5.74) is -1.03. The average Bonchev–Trinajstić information content (AvgIpc) is 2.93. The third-order valence-electron chi connectivity index (χ3n) is 3.39. The molecule has 0 heterocycles. The Balaban J connectivity index is 2.46. The lowest BCUT2D eigenvalue weighted by atomic mass is 9.92. The Morgan fingerprint density at radius 1 is 1.56 bits per heavy atom. The van der Waals surface area contributed by atoms with Gasteiger partial charge in [0.15, 0.2) is 0 Å². The number of aliphatic carboxylic acids is 1. The van der Waals surface area contributed by atoms with Crippen LogP contribution in [0.4, 0.5) is 8.78 Å². The van der Waals surface area contributed by atoms with Gasteiger partial charge in [-0.3, -0.25) is 4.79 Å².